The number of nitrogens with two attached hydrogens (primary N) is 1. The van der Waals surface area contributed by atoms with Gasteiger partial charge in [0.05, 0.1) is 0 Å². The molecule has 0 bridgehead atoms. The molecule has 4 heteroatoms. The summed E-state index contributed by atoms with van der Waals surface area (Å²) in [6.45, 7) is 7.30. The first-order chi connectivity index (χ1) is 17.4. The van der Waals surface area contributed by atoms with Gasteiger partial charge in [0.25, 0.3) is 0 Å². The van der Waals surface area contributed by atoms with Gasteiger partial charge in [-0.1, -0.05) is 93.6 Å². The molecule has 2 nitrogen and oxygen atoms in total. The van der Waals surface area contributed by atoms with E-state index in [2.05, 4.69) is 56.1 Å². The van der Waals surface area contributed by atoms with E-state index in [0.717, 1.165) is 42.9 Å². The van der Waals surface area contributed by atoms with Crippen molar-refractivity contribution < 1.29 is 8.78 Å². The zero-order valence-corrected chi connectivity index (χ0v) is 22.7. The molecule has 2 atom stereocenters. The summed E-state index contributed by atoms with van der Waals surface area (Å²) < 4.78 is 27.0. The average Bonchev–Trinajstić information content (AvgIpc) is 3.82. The van der Waals surface area contributed by atoms with Crippen molar-refractivity contribution in [2.24, 2.45) is 11.7 Å². The highest BCUT2D eigenvalue weighted by atomic mass is 19.1. The van der Waals surface area contributed by atoms with Crippen molar-refractivity contribution in [2.45, 2.75) is 83.8 Å². The number of rotatable bonds is 5. The molecule has 3 aliphatic rings. The number of hydrogen-bond acceptors (Lipinski definition) is 2. The standard InChI is InChI=1S/C16H17F2N.C9H12.C6H12.CH5N/c17-14-5-3-12(4-6-14)9-15-10-13-11-16(13,18)7-1-2-8-19-15;1-3-9-6-4-8(2)5-7-9;1-2-3-6-4-5-6;1-2/h1-6,11,15,19H,7-10H2;4-7H,3H2,1-2H3;6H,2-5H2,1H3;2H2,1H3/b2-1+;;;. The van der Waals surface area contributed by atoms with Crippen LogP contribution in [0.25, 0.3) is 0 Å². The van der Waals surface area contributed by atoms with Crippen LogP contribution in [0.1, 0.15) is 69.1 Å². The molecule has 1 saturated carbocycles. The van der Waals surface area contributed by atoms with Crippen LogP contribution in [0.5, 0.6) is 0 Å². The quantitative estimate of drug-likeness (QED) is 0.417. The van der Waals surface area contributed by atoms with Crippen LogP contribution >= 0.6 is 0 Å². The first-order valence-electron chi connectivity index (χ1n) is 13.6. The lowest BCUT2D eigenvalue weighted by Gasteiger charge is -2.17. The van der Waals surface area contributed by atoms with Crippen molar-refractivity contribution in [3.63, 3.8) is 0 Å². The Labute approximate surface area is 218 Å². The van der Waals surface area contributed by atoms with Gasteiger partial charge in [0.1, 0.15) is 5.82 Å². The molecule has 1 heterocycles. The smallest absolute Gasteiger partial charge is 0.154 e. The molecule has 2 aromatic rings. The van der Waals surface area contributed by atoms with Crippen LogP contribution in [-0.2, 0) is 12.8 Å². The molecule has 0 radical (unpaired) electrons. The maximum Gasteiger partial charge on any atom is 0.154 e. The molecule has 1 aliphatic heterocycles. The molecule has 0 spiro atoms. The molecule has 3 N–H and O–H groups in total. The molecule has 1 fully saturated rings. The fourth-order valence-electron chi connectivity index (χ4n) is 4.26. The van der Waals surface area contributed by atoms with Crippen molar-refractivity contribution >= 4 is 0 Å². The van der Waals surface area contributed by atoms with E-state index in [-0.39, 0.29) is 11.9 Å². The van der Waals surface area contributed by atoms with Gasteiger partial charge in [-0.3, -0.25) is 0 Å². The highest BCUT2D eigenvalue weighted by molar-refractivity contribution is 5.44. The van der Waals surface area contributed by atoms with Gasteiger partial charge in [-0.15, -0.1) is 0 Å². The Balaban J connectivity index is 0.000000222. The molecule has 198 valence electrons. The summed E-state index contributed by atoms with van der Waals surface area (Å²) in [6, 6.07) is 15.4. The second-order valence-electron chi connectivity index (χ2n) is 9.92. The van der Waals surface area contributed by atoms with Crippen LogP contribution < -0.4 is 11.1 Å². The van der Waals surface area contributed by atoms with Crippen LogP contribution in [0.3, 0.4) is 0 Å². The Morgan fingerprint density at radius 3 is 2.14 bits per heavy atom. The Morgan fingerprint density at radius 1 is 0.944 bits per heavy atom. The predicted molar refractivity (Wildman–Crippen MR) is 150 cm³/mol. The van der Waals surface area contributed by atoms with Crippen molar-refractivity contribution in [1.82, 2.24) is 5.32 Å². The zero-order chi connectivity index (χ0) is 26.4. The number of aryl methyl sites for hydroxylation is 2. The maximum absolute atomic E-state index is 14.1. The van der Waals surface area contributed by atoms with E-state index in [1.54, 1.807) is 18.2 Å². The molecule has 5 rings (SSSR count). The third kappa shape index (κ3) is 11.2. The van der Waals surface area contributed by atoms with E-state index < -0.39 is 5.67 Å². The molecule has 0 saturated heterocycles. The summed E-state index contributed by atoms with van der Waals surface area (Å²) in [5.41, 5.74) is 8.07. The van der Waals surface area contributed by atoms with Crippen LogP contribution in [0.15, 0.2) is 72.3 Å². The van der Waals surface area contributed by atoms with E-state index in [0.29, 0.717) is 6.42 Å². The maximum atomic E-state index is 14.1. The number of alkyl halides is 1. The molecular formula is C32H46F2N2. The number of hydrogen-bond donors (Lipinski definition) is 2. The van der Waals surface area contributed by atoms with Crippen molar-refractivity contribution in [3.8, 4) is 0 Å². The third-order valence-electron chi connectivity index (χ3n) is 6.74. The van der Waals surface area contributed by atoms with Gasteiger partial charge >= 0.3 is 0 Å². The predicted octanol–water partition coefficient (Wildman–Crippen LogP) is 7.65. The fourth-order valence-corrected chi connectivity index (χ4v) is 4.26. The normalized spacial score (nSPS) is 22.8. The number of nitrogens with one attached hydrogen (secondary N) is 1. The summed E-state index contributed by atoms with van der Waals surface area (Å²) >= 11 is 0. The van der Waals surface area contributed by atoms with Crippen molar-refractivity contribution in [2.75, 3.05) is 13.6 Å². The van der Waals surface area contributed by atoms with Gasteiger partial charge in [-0.25, -0.2) is 8.78 Å². The van der Waals surface area contributed by atoms with Gasteiger partial charge < -0.3 is 11.1 Å². The van der Waals surface area contributed by atoms with E-state index in [9.17, 15) is 8.78 Å². The minimum absolute atomic E-state index is 0.206. The van der Waals surface area contributed by atoms with Gasteiger partial charge in [0.2, 0.25) is 0 Å². The molecule has 2 unspecified atom stereocenters. The Morgan fingerprint density at radius 2 is 1.58 bits per heavy atom. The molecular weight excluding hydrogens is 450 g/mol. The van der Waals surface area contributed by atoms with Crippen LogP contribution in [0.2, 0.25) is 0 Å². The second kappa shape index (κ2) is 15.7. The summed E-state index contributed by atoms with van der Waals surface area (Å²) in [5, 5.41) is 3.41. The second-order valence-corrected chi connectivity index (χ2v) is 9.92. The first kappa shape index (κ1) is 29.9. The Bertz CT molecular complexity index is 930. The number of allylic oxidation sites excluding steroid dienone is 2. The number of halogens is 2. The lowest BCUT2D eigenvalue weighted by molar-refractivity contribution is 0.329. The fraction of sp³-hybridized carbons (Fsp3) is 0.500. The van der Waals surface area contributed by atoms with E-state index in [1.165, 1.54) is 56.0 Å². The van der Waals surface area contributed by atoms with Crippen LogP contribution in [0, 0.1) is 18.7 Å². The van der Waals surface area contributed by atoms with Gasteiger partial charge in [0.15, 0.2) is 5.67 Å². The van der Waals surface area contributed by atoms with E-state index >= 15 is 0 Å². The molecule has 0 amide bonds. The summed E-state index contributed by atoms with van der Waals surface area (Å²) in [4.78, 5) is 0. The summed E-state index contributed by atoms with van der Waals surface area (Å²) in [6.07, 6.45) is 14.7. The van der Waals surface area contributed by atoms with Gasteiger partial charge in [0, 0.05) is 19.0 Å². The van der Waals surface area contributed by atoms with Crippen LogP contribution in [-0.4, -0.2) is 25.3 Å². The molecule has 36 heavy (non-hydrogen) atoms. The van der Waals surface area contributed by atoms with E-state index in [4.69, 9.17) is 0 Å². The Hall–Kier alpha value is -2.30. The van der Waals surface area contributed by atoms with Gasteiger partial charge in [-0.05, 0) is 74.1 Å². The Kier molecular flexibility index (Phi) is 13.1. The average molecular weight is 497 g/mol. The van der Waals surface area contributed by atoms with Crippen LogP contribution in [0.4, 0.5) is 8.78 Å². The summed E-state index contributed by atoms with van der Waals surface area (Å²) in [5.74, 6) is 0.928. The van der Waals surface area contributed by atoms with Crippen molar-refractivity contribution in [3.05, 3.63) is 94.8 Å². The highest BCUT2D eigenvalue weighted by Gasteiger charge is 2.44. The highest BCUT2D eigenvalue weighted by Crippen LogP contribution is 2.45. The zero-order valence-electron chi connectivity index (χ0n) is 22.7. The van der Waals surface area contributed by atoms with Crippen molar-refractivity contribution in [1.29, 1.82) is 0 Å². The molecule has 2 aliphatic carbocycles. The third-order valence-corrected chi connectivity index (χ3v) is 6.74. The monoisotopic (exact) mass is 496 g/mol. The molecule has 0 aromatic heterocycles. The summed E-state index contributed by atoms with van der Waals surface area (Å²) in [7, 11) is 1.50. The van der Waals surface area contributed by atoms with Gasteiger partial charge in [-0.2, -0.15) is 0 Å². The lowest BCUT2D eigenvalue weighted by Crippen LogP contribution is -2.31. The minimum Gasteiger partial charge on any atom is -0.333 e. The number of fused-ring (bicyclic) bond motifs is 1. The SMILES string of the molecule is CCCC1CC1.CCc1ccc(C)cc1.CN.Fc1ccc(CC2CC3=CC3(F)C/C=C/CN2)cc1. The lowest BCUT2D eigenvalue weighted by atomic mass is 10.00. The number of benzene rings is 2. The molecule has 2 aromatic carbocycles. The van der Waals surface area contributed by atoms with E-state index in [1.807, 2.05) is 12.2 Å². The minimum atomic E-state index is -1.16. The first-order valence-corrected chi connectivity index (χ1v) is 13.6. The topological polar surface area (TPSA) is 38.0 Å². The largest absolute Gasteiger partial charge is 0.333 e.